The third kappa shape index (κ3) is 4.61. The van der Waals surface area contributed by atoms with Crippen molar-refractivity contribution in [2.75, 3.05) is 23.3 Å². The number of thiocarbonyl (C=S) groups is 1. The molecular weight excluding hydrogens is 320 g/mol. The third-order valence-corrected chi connectivity index (χ3v) is 4.17. The molecule has 24 heavy (non-hydrogen) atoms. The van der Waals surface area contributed by atoms with Crippen LogP contribution >= 0.6 is 12.2 Å². The number of hydrogen-bond acceptors (Lipinski definition) is 5. The van der Waals surface area contributed by atoms with E-state index in [1.54, 1.807) is 6.20 Å². The van der Waals surface area contributed by atoms with Crippen LogP contribution in [0.15, 0.2) is 30.6 Å². The highest BCUT2D eigenvalue weighted by atomic mass is 32.1. The fourth-order valence-corrected chi connectivity index (χ4v) is 2.89. The van der Waals surface area contributed by atoms with E-state index in [0.29, 0.717) is 17.6 Å². The zero-order valence-corrected chi connectivity index (χ0v) is 14.6. The summed E-state index contributed by atoms with van der Waals surface area (Å²) < 4.78 is 0. The summed E-state index contributed by atoms with van der Waals surface area (Å²) in [7, 11) is 0. The first-order chi connectivity index (χ1) is 11.7. The van der Waals surface area contributed by atoms with Crippen molar-refractivity contribution >= 4 is 29.1 Å². The normalized spacial score (nSPS) is 14.3. The Balaban J connectivity index is 1.61. The maximum atomic E-state index is 5.34. The zero-order chi connectivity index (χ0) is 16.8. The summed E-state index contributed by atoms with van der Waals surface area (Å²) in [6.07, 6.45) is 7.30. The summed E-state index contributed by atoms with van der Waals surface area (Å²) >= 11 is 5.34. The van der Waals surface area contributed by atoms with Crippen molar-refractivity contribution in [3.8, 4) is 0 Å². The second-order valence-corrected chi connectivity index (χ2v) is 6.32. The average molecular weight is 342 g/mol. The second-order valence-electron chi connectivity index (χ2n) is 5.91. The van der Waals surface area contributed by atoms with E-state index in [0.717, 1.165) is 30.2 Å². The number of anilines is 2. The summed E-state index contributed by atoms with van der Waals surface area (Å²) in [4.78, 5) is 15.5. The van der Waals surface area contributed by atoms with E-state index in [2.05, 4.69) is 30.5 Å². The Bertz CT molecular complexity index is 685. The number of nitrogens with zero attached hydrogens (tertiary/aromatic N) is 4. The highest BCUT2D eigenvalue weighted by Crippen LogP contribution is 2.19. The zero-order valence-electron chi connectivity index (χ0n) is 13.8. The second kappa shape index (κ2) is 8.01. The molecule has 6 nitrogen and oxygen atoms in total. The minimum atomic E-state index is 0.508. The number of aromatic nitrogens is 3. The van der Waals surface area contributed by atoms with Gasteiger partial charge in [-0.05, 0) is 50.0 Å². The fraction of sp³-hybridized carbons (Fsp3) is 0.412. The Hall–Kier alpha value is -2.28. The Labute approximate surface area is 147 Å². The predicted molar refractivity (Wildman–Crippen MR) is 100 cm³/mol. The van der Waals surface area contributed by atoms with Crippen LogP contribution in [0.2, 0.25) is 0 Å². The third-order valence-electron chi connectivity index (χ3n) is 3.92. The number of rotatable bonds is 4. The molecule has 126 valence electrons. The molecule has 2 aromatic rings. The molecule has 1 aliphatic heterocycles. The number of piperidine rings is 1. The van der Waals surface area contributed by atoms with Crippen LogP contribution in [0, 0.1) is 6.92 Å². The molecule has 0 bridgehead atoms. The summed E-state index contributed by atoms with van der Waals surface area (Å²) in [6, 6.07) is 5.94. The van der Waals surface area contributed by atoms with E-state index >= 15 is 0 Å². The Kier molecular flexibility index (Phi) is 5.53. The monoisotopic (exact) mass is 342 g/mol. The van der Waals surface area contributed by atoms with Gasteiger partial charge in [-0.3, -0.25) is 4.98 Å². The lowest BCUT2D eigenvalue weighted by Gasteiger charge is -2.28. The van der Waals surface area contributed by atoms with E-state index in [4.69, 9.17) is 12.2 Å². The van der Waals surface area contributed by atoms with Crippen molar-refractivity contribution in [1.82, 2.24) is 20.3 Å². The first kappa shape index (κ1) is 16.6. The molecule has 0 aromatic carbocycles. The smallest absolute Gasteiger partial charge is 0.231 e. The lowest BCUT2D eigenvalue weighted by atomic mass is 10.1. The molecule has 0 spiro atoms. The van der Waals surface area contributed by atoms with Gasteiger partial charge in [-0.2, -0.15) is 4.98 Å². The van der Waals surface area contributed by atoms with Crippen LogP contribution in [0.4, 0.5) is 11.8 Å². The molecule has 0 unspecified atom stereocenters. The van der Waals surface area contributed by atoms with Crippen molar-refractivity contribution in [2.45, 2.75) is 32.7 Å². The fourth-order valence-electron chi connectivity index (χ4n) is 2.72. The number of aryl methyl sites for hydroxylation is 1. The van der Waals surface area contributed by atoms with Gasteiger partial charge in [0.15, 0.2) is 5.11 Å². The maximum absolute atomic E-state index is 5.34. The molecule has 0 amide bonds. The molecule has 3 heterocycles. The predicted octanol–water partition coefficient (Wildman–Crippen LogP) is 2.66. The van der Waals surface area contributed by atoms with Crippen LogP contribution in [0.3, 0.4) is 0 Å². The van der Waals surface area contributed by atoms with Crippen LogP contribution in [-0.2, 0) is 6.54 Å². The number of pyridine rings is 1. The largest absolute Gasteiger partial charge is 0.358 e. The Morgan fingerprint density at radius 1 is 1.25 bits per heavy atom. The van der Waals surface area contributed by atoms with Gasteiger partial charge in [0, 0.05) is 43.8 Å². The van der Waals surface area contributed by atoms with Gasteiger partial charge in [-0.15, -0.1) is 0 Å². The van der Waals surface area contributed by atoms with Crippen LogP contribution in [0.1, 0.15) is 30.5 Å². The van der Waals surface area contributed by atoms with Crippen LogP contribution < -0.4 is 15.5 Å². The number of hydrogen-bond donors (Lipinski definition) is 2. The standard InChI is InChI=1S/C17H22N6S/c1-13-10-15(23-8-3-2-4-9-23)21-16(20-13)22-17(24)19-12-14-6-5-7-18-11-14/h5-7,10-11H,2-4,8-9,12H2,1H3,(H2,19,20,21,22,24). The highest BCUT2D eigenvalue weighted by Gasteiger charge is 2.14. The molecule has 0 saturated carbocycles. The summed E-state index contributed by atoms with van der Waals surface area (Å²) in [6.45, 7) is 4.70. The van der Waals surface area contributed by atoms with Gasteiger partial charge >= 0.3 is 0 Å². The minimum absolute atomic E-state index is 0.508. The molecule has 1 saturated heterocycles. The van der Waals surface area contributed by atoms with Gasteiger partial charge in [0.05, 0.1) is 0 Å². The van der Waals surface area contributed by atoms with Crippen molar-refractivity contribution in [1.29, 1.82) is 0 Å². The van der Waals surface area contributed by atoms with E-state index < -0.39 is 0 Å². The SMILES string of the molecule is Cc1cc(N2CCCCC2)nc(NC(=S)NCc2cccnc2)n1. The van der Waals surface area contributed by atoms with Crippen LogP contribution in [-0.4, -0.2) is 33.2 Å². The van der Waals surface area contributed by atoms with Gasteiger partial charge in [-0.1, -0.05) is 6.07 Å². The summed E-state index contributed by atoms with van der Waals surface area (Å²) in [5.41, 5.74) is 2.00. The molecule has 2 aromatic heterocycles. The topological polar surface area (TPSA) is 66.0 Å². The molecule has 7 heteroatoms. The lowest BCUT2D eigenvalue weighted by molar-refractivity contribution is 0.573. The Morgan fingerprint density at radius 2 is 2.08 bits per heavy atom. The maximum Gasteiger partial charge on any atom is 0.231 e. The van der Waals surface area contributed by atoms with E-state index in [9.17, 15) is 0 Å². The van der Waals surface area contributed by atoms with Gasteiger partial charge in [0.1, 0.15) is 5.82 Å². The van der Waals surface area contributed by atoms with Gasteiger partial charge in [0.2, 0.25) is 5.95 Å². The van der Waals surface area contributed by atoms with Gasteiger partial charge in [-0.25, -0.2) is 4.98 Å². The van der Waals surface area contributed by atoms with Crippen molar-refractivity contribution in [2.24, 2.45) is 0 Å². The first-order valence-electron chi connectivity index (χ1n) is 8.25. The van der Waals surface area contributed by atoms with Gasteiger partial charge < -0.3 is 15.5 Å². The van der Waals surface area contributed by atoms with Crippen LogP contribution in [0.25, 0.3) is 0 Å². The minimum Gasteiger partial charge on any atom is -0.358 e. The van der Waals surface area contributed by atoms with E-state index in [1.807, 2.05) is 31.3 Å². The average Bonchev–Trinajstić information content (AvgIpc) is 2.61. The van der Waals surface area contributed by atoms with Crippen molar-refractivity contribution < 1.29 is 0 Å². The highest BCUT2D eigenvalue weighted by molar-refractivity contribution is 7.80. The molecule has 1 aliphatic rings. The number of nitrogens with one attached hydrogen (secondary N) is 2. The van der Waals surface area contributed by atoms with E-state index in [1.165, 1.54) is 19.3 Å². The lowest BCUT2D eigenvalue weighted by Crippen LogP contribution is -2.32. The van der Waals surface area contributed by atoms with Crippen molar-refractivity contribution in [3.05, 3.63) is 41.9 Å². The molecule has 3 rings (SSSR count). The molecule has 0 radical (unpaired) electrons. The van der Waals surface area contributed by atoms with E-state index in [-0.39, 0.29) is 0 Å². The van der Waals surface area contributed by atoms with Gasteiger partial charge in [0.25, 0.3) is 0 Å². The van der Waals surface area contributed by atoms with Crippen LogP contribution in [0.5, 0.6) is 0 Å². The first-order valence-corrected chi connectivity index (χ1v) is 8.66. The summed E-state index contributed by atoms with van der Waals surface area (Å²) in [5.74, 6) is 1.51. The molecular formula is C17H22N6S. The Morgan fingerprint density at radius 3 is 2.83 bits per heavy atom. The molecule has 2 N–H and O–H groups in total. The van der Waals surface area contributed by atoms with Crippen molar-refractivity contribution in [3.63, 3.8) is 0 Å². The quantitative estimate of drug-likeness (QED) is 0.828. The molecule has 0 atom stereocenters. The summed E-state index contributed by atoms with van der Waals surface area (Å²) in [5, 5.41) is 6.74. The molecule has 0 aliphatic carbocycles. The molecule has 1 fully saturated rings.